The van der Waals surface area contributed by atoms with E-state index in [0.29, 0.717) is 6.61 Å². The lowest BCUT2D eigenvalue weighted by Crippen LogP contribution is -2.01. The molecule has 2 aromatic carbocycles. The first-order valence-electron chi connectivity index (χ1n) is 7.20. The van der Waals surface area contributed by atoms with Crippen LogP contribution < -0.4 is 9.47 Å². The minimum Gasteiger partial charge on any atom is -0.497 e. The van der Waals surface area contributed by atoms with Gasteiger partial charge >= 0.3 is 0 Å². The number of benzene rings is 2. The highest BCUT2D eigenvalue weighted by Gasteiger charge is 2.00. The van der Waals surface area contributed by atoms with Gasteiger partial charge in [-0.2, -0.15) is 0 Å². The molecule has 0 radical (unpaired) electrons. The zero-order valence-corrected chi connectivity index (χ0v) is 12.6. The Bertz CT molecular complexity index is 529. The van der Waals surface area contributed by atoms with Gasteiger partial charge in [0.25, 0.3) is 0 Å². The van der Waals surface area contributed by atoms with Gasteiger partial charge in [-0.05, 0) is 55.2 Å². The van der Waals surface area contributed by atoms with Crippen molar-refractivity contribution < 1.29 is 14.6 Å². The van der Waals surface area contributed by atoms with E-state index in [1.165, 1.54) is 5.56 Å². The average Bonchev–Trinajstić information content (AvgIpc) is 2.52. The van der Waals surface area contributed by atoms with Crippen LogP contribution in [0.2, 0.25) is 0 Å². The van der Waals surface area contributed by atoms with E-state index in [9.17, 15) is 5.11 Å². The van der Waals surface area contributed by atoms with Gasteiger partial charge in [0.2, 0.25) is 0 Å². The van der Waals surface area contributed by atoms with Gasteiger partial charge in [-0.1, -0.05) is 24.3 Å². The highest BCUT2D eigenvalue weighted by Crippen LogP contribution is 2.17. The summed E-state index contributed by atoms with van der Waals surface area (Å²) in [6.45, 7) is 2.35. The normalized spacial score (nSPS) is 12.0. The van der Waals surface area contributed by atoms with Gasteiger partial charge in [0.1, 0.15) is 18.1 Å². The second-order valence-electron chi connectivity index (χ2n) is 5.17. The third-order valence-corrected chi connectivity index (χ3v) is 3.34. The van der Waals surface area contributed by atoms with Gasteiger partial charge in [-0.25, -0.2) is 0 Å². The van der Waals surface area contributed by atoms with E-state index < -0.39 is 0 Å². The lowest BCUT2D eigenvalue weighted by molar-refractivity contribution is 0.185. The zero-order valence-electron chi connectivity index (χ0n) is 12.6. The third kappa shape index (κ3) is 5.12. The summed E-state index contributed by atoms with van der Waals surface area (Å²) >= 11 is 0. The van der Waals surface area contributed by atoms with Crippen LogP contribution in [0.1, 0.15) is 24.5 Å². The molecule has 0 spiro atoms. The Labute approximate surface area is 126 Å². The molecule has 112 valence electrons. The first-order chi connectivity index (χ1) is 10.2. The average molecular weight is 286 g/mol. The molecule has 1 unspecified atom stereocenters. The first kappa shape index (κ1) is 15.4. The van der Waals surface area contributed by atoms with Crippen molar-refractivity contribution in [3.8, 4) is 11.5 Å². The molecular weight excluding hydrogens is 264 g/mol. The van der Waals surface area contributed by atoms with Crippen LogP contribution in [0.25, 0.3) is 0 Å². The Kier molecular flexibility index (Phi) is 5.64. The molecule has 3 heteroatoms. The molecule has 0 bridgehead atoms. The molecule has 1 N–H and O–H groups in total. The number of hydrogen-bond donors (Lipinski definition) is 1. The van der Waals surface area contributed by atoms with Gasteiger partial charge in [-0.15, -0.1) is 0 Å². The fourth-order valence-corrected chi connectivity index (χ4v) is 2.02. The number of aliphatic hydroxyl groups excluding tert-OH is 1. The maximum atomic E-state index is 9.28. The summed E-state index contributed by atoms with van der Waals surface area (Å²) in [4.78, 5) is 0. The third-order valence-electron chi connectivity index (χ3n) is 3.34. The molecule has 2 rings (SSSR count). The summed E-state index contributed by atoms with van der Waals surface area (Å²) in [6.07, 6.45) is 1.42. The topological polar surface area (TPSA) is 38.7 Å². The highest BCUT2D eigenvalue weighted by molar-refractivity contribution is 5.29. The fraction of sp³-hybridized carbons (Fsp3) is 0.333. The van der Waals surface area contributed by atoms with E-state index in [1.54, 1.807) is 7.11 Å². The molecule has 3 nitrogen and oxygen atoms in total. The Morgan fingerprint density at radius 2 is 1.48 bits per heavy atom. The van der Waals surface area contributed by atoms with E-state index in [4.69, 9.17) is 9.47 Å². The number of methoxy groups -OCH3 is 1. The summed E-state index contributed by atoms with van der Waals surface area (Å²) in [6, 6.07) is 15.9. The van der Waals surface area contributed by atoms with E-state index in [0.717, 1.165) is 29.9 Å². The smallest absolute Gasteiger partial charge is 0.119 e. The SMILES string of the molecule is COc1ccc(COc2ccc(CCC(C)O)cc2)cc1. The van der Waals surface area contributed by atoms with Crippen LogP contribution in [-0.2, 0) is 13.0 Å². The Hall–Kier alpha value is -2.00. The Balaban J connectivity index is 1.85. The maximum absolute atomic E-state index is 9.28. The largest absolute Gasteiger partial charge is 0.497 e. The minimum absolute atomic E-state index is 0.254. The van der Waals surface area contributed by atoms with Crippen LogP contribution in [0.4, 0.5) is 0 Å². The van der Waals surface area contributed by atoms with Crippen molar-refractivity contribution >= 4 is 0 Å². The zero-order chi connectivity index (χ0) is 15.1. The van der Waals surface area contributed by atoms with Crippen LogP contribution in [0.5, 0.6) is 11.5 Å². The maximum Gasteiger partial charge on any atom is 0.119 e. The van der Waals surface area contributed by atoms with Crippen LogP contribution in [0, 0.1) is 0 Å². The van der Waals surface area contributed by atoms with Gasteiger partial charge in [0.15, 0.2) is 0 Å². The summed E-state index contributed by atoms with van der Waals surface area (Å²) in [7, 11) is 1.66. The summed E-state index contributed by atoms with van der Waals surface area (Å²) in [5, 5.41) is 9.28. The van der Waals surface area contributed by atoms with Crippen LogP contribution >= 0.6 is 0 Å². The highest BCUT2D eigenvalue weighted by atomic mass is 16.5. The molecule has 0 saturated carbocycles. The lowest BCUT2D eigenvalue weighted by atomic mass is 10.1. The molecular formula is C18H22O3. The van der Waals surface area contributed by atoms with Crippen LogP contribution in [0.3, 0.4) is 0 Å². The first-order valence-corrected chi connectivity index (χ1v) is 7.20. The summed E-state index contributed by atoms with van der Waals surface area (Å²) in [5.41, 5.74) is 2.32. The number of rotatable bonds is 7. The molecule has 0 fully saturated rings. The molecule has 0 aliphatic rings. The molecule has 0 aromatic heterocycles. The van der Waals surface area contributed by atoms with Gasteiger partial charge in [0, 0.05) is 0 Å². The second-order valence-corrected chi connectivity index (χ2v) is 5.17. The standard InChI is InChI=1S/C18H22O3/c1-14(19)3-4-15-5-11-18(12-6-15)21-13-16-7-9-17(20-2)10-8-16/h5-12,14,19H,3-4,13H2,1-2H3. The van der Waals surface area contributed by atoms with E-state index in [1.807, 2.05) is 55.5 Å². The van der Waals surface area contributed by atoms with Crippen molar-refractivity contribution in [1.29, 1.82) is 0 Å². The van der Waals surface area contributed by atoms with Gasteiger partial charge in [-0.3, -0.25) is 0 Å². The second kappa shape index (κ2) is 7.70. The molecule has 0 saturated heterocycles. The Morgan fingerprint density at radius 3 is 2.05 bits per heavy atom. The molecule has 0 aliphatic heterocycles. The van der Waals surface area contributed by atoms with Crippen LogP contribution in [-0.4, -0.2) is 18.3 Å². The lowest BCUT2D eigenvalue weighted by Gasteiger charge is -2.08. The predicted octanol–water partition coefficient (Wildman–Crippen LogP) is 3.59. The molecule has 0 aliphatic carbocycles. The summed E-state index contributed by atoms with van der Waals surface area (Å²) < 4.78 is 10.9. The monoisotopic (exact) mass is 286 g/mol. The van der Waals surface area contributed by atoms with Gasteiger partial charge in [0.05, 0.1) is 13.2 Å². The van der Waals surface area contributed by atoms with Crippen molar-refractivity contribution in [2.24, 2.45) is 0 Å². The minimum atomic E-state index is -0.254. The van der Waals surface area contributed by atoms with Gasteiger partial charge < -0.3 is 14.6 Å². The van der Waals surface area contributed by atoms with Crippen LogP contribution in [0.15, 0.2) is 48.5 Å². The number of ether oxygens (including phenoxy) is 2. The number of aliphatic hydroxyl groups is 1. The number of aryl methyl sites for hydroxylation is 1. The quantitative estimate of drug-likeness (QED) is 0.845. The number of hydrogen-bond acceptors (Lipinski definition) is 3. The molecule has 2 aromatic rings. The molecule has 1 atom stereocenters. The molecule has 0 heterocycles. The molecule has 21 heavy (non-hydrogen) atoms. The van der Waals surface area contributed by atoms with Crippen molar-refractivity contribution in [3.63, 3.8) is 0 Å². The van der Waals surface area contributed by atoms with E-state index in [-0.39, 0.29) is 6.10 Å². The molecule has 0 amide bonds. The van der Waals surface area contributed by atoms with E-state index >= 15 is 0 Å². The summed E-state index contributed by atoms with van der Waals surface area (Å²) in [5.74, 6) is 1.70. The van der Waals surface area contributed by atoms with Crippen molar-refractivity contribution in [2.75, 3.05) is 7.11 Å². The van der Waals surface area contributed by atoms with E-state index in [2.05, 4.69) is 0 Å². The van der Waals surface area contributed by atoms with Crippen molar-refractivity contribution in [1.82, 2.24) is 0 Å². The predicted molar refractivity (Wildman–Crippen MR) is 83.8 cm³/mol. The fourth-order valence-electron chi connectivity index (χ4n) is 2.02. The van der Waals surface area contributed by atoms with Crippen molar-refractivity contribution in [2.45, 2.75) is 32.5 Å². The Morgan fingerprint density at radius 1 is 0.905 bits per heavy atom. The van der Waals surface area contributed by atoms with Crippen molar-refractivity contribution in [3.05, 3.63) is 59.7 Å².